The van der Waals surface area contributed by atoms with Gasteiger partial charge in [0.15, 0.2) is 0 Å². The van der Waals surface area contributed by atoms with E-state index in [-0.39, 0.29) is 0 Å². The van der Waals surface area contributed by atoms with Crippen LogP contribution < -0.4 is 0 Å². The molecule has 1 aliphatic rings. The van der Waals surface area contributed by atoms with Gasteiger partial charge in [0.1, 0.15) is 0 Å². The number of hydrogen-bond acceptors (Lipinski definition) is 0. The molecule has 1 aromatic rings. The summed E-state index contributed by atoms with van der Waals surface area (Å²) in [6.45, 7) is 2.32. The summed E-state index contributed by atoms with van der Waals surface area (Å²) in [4.78, 5) is 0. The van der Waals surface area contributed by atoms with Crippen molar-refractivity contribution in [3.05, 3.63) is 24.5 Å². The Kier molecular flexibility index (Phi) is 3.28. The lowest BCUT2D eigenvalue weighted by atomic mass is 9.83. The highest BCUT2D eigenvalue weighted by molar-refractivity contribution is 4.94. The molecule has 1 nitrogen and oxygen atoms in total. The van der Waals surface area contributed by atoms with Gasteiger partial charge in [0.25, 0.3) is 0 Å². The van der Waals surface area contributed by atoms with E-state index in [1.807, 2.05) is 0 Å². The summed E-state index contributed by atoms with van der Waals surface area (Å²) in [5, 5.41) is 0. The predicted octanol–water partition coefficient (Wildman–Crippen LogP) is 4.02. The van der Waals surface area contributed by atoms with Crippen LogP contribution in [-0.4, -0.2) is 4.57 Å². The Hall–Kier alpha value is -0.720. The van der Waals surface area contributed by atoms with Gasteiger partial charge in [0, 0.05) is 18.4 Å². The summed E-state index contributed by atoms with van der Waals surface area (Å²) < 4.78 is 2.41. The fourth-order valence-corrected chi connectivity index (χ4v) is 2.88. The summed E-state index contributed by atoms with van der Waals surface area (Å²) in [7, 11) is 0. The van der Waals surface area contributed by atoms with E-state index < -0.39 is 0 Å². The zero-order valence-corrected chi connectivity index (χ0v) is 9.15. The molecule has 1 heteroatoms. The first kappa shape index (κ1) is 9.82. The monoisotopic (exact) mass is 191 g/mol. The van der Waals surface area contributed by atoms with Crippen LogP contribution in [0.4, 0.5) is 0 Å². The van der Waals surface area contributed by atoms with Crippen LogP contribution in [0.5, 0.6) is 0 Å². The minimum absolute atomic E-state index is 0.755. The topological polar surface area (TPSA) is 4.93 Å². The van der Waals surface area contributed by atoms with E-state index in [2.05, 4.69) is 36.0 Å². The average molecular weight is 191 g/mol. The van der Waals surface area contributed by atoms with E-state index >= 15 is 0 Å². The van der Waals surface area contributed by atoms with Crippen LogP contribution in [0.3, 0.4) is 0 Å². The molecule has 1 unspecified atom stereocenters. The average Bonchev–Trinajstić information content (AvgIpc) is 2.74. The molecule has 78 valence electrons. The van der Waals surface area contributed by atoms with Gasteiger partial charge in [-0.3, -0.25) is 0 Å². The molecule has 1 atom stereocenters. The standard InChI is InChI=1S/C13H21N/c1-2-13(14-10-6-7-11-14)12-8-4-3-5-9-12/h6-7,10-13H,2-5,8-9H2,1H3. The first-order valence-electron chi connectivity index (χ1n) is 6.04. The van der Waals surface area contributed by atoms with Crippen molar-refractivity contribution in [1.29, 1.82) is 0 Å². The minimum Gasteiger partial charge on any atom is -0.351 e. The molecule has 0 N–H and O–H groups in total. The van der Waals surface area contributed by atoms with Gasteiger partial charge in [-0.2, -0.15) is 0 Å². The van der Waals surface area contributed by atoms with E-state index in [9.17, 15) is 0 Å². The number of nitrogens with zero attached hydrogens (tertiary/aromatic N) is 1. The Bertz CT molecular complexity index is 244. The van der Waals surface area contributed by atoms with Gasteiger partial charge in [-0.1, -0.05) is 26.2 Å². The zero-order valence-electron chi connectivity index (χ0n) is 9.15. The quantitative estimate of drug-likeness (QED) is 0.680. The van der Waals surface area contributed by atoms with Gasteiger partial charge in [0.05, 0.1) is 0 Å². The van der Waals surface area contributed by atoms with Crippen LogP contribution in [0.2, 0.25) is 0 Å². The smallest absolute Gasteiger partial charge is 0.0356 e. The normalized spacial score (nSPS) is 20.9. The minimum atomic E-state index is 0.755. The molecular formula is C13H21N. The maximum atomic E-state index is 2.41. The van der Waals surface area contributed by atoms with Crippen LogP contribution in [0, 0.1) is 5.92 Å². The van der Waals surface area contributed by atoms with Crippen LogP contribution in [-0.2, 0) is 0 Å². The van der Waals surface area contributed by atoms with Crippen molar-refractivity contribution in [2.45, 2.75) is 51.5 Å². The molecule has 0 aliphatic heterocycles. The van der Waals surface area contributed by atoms with Gasteiger partial charge < -0.3 is 4.57 Å². The summed E-state index contributed by atoms with van der Waals surface area (Å²) in [6, 6.07) is 5.04. The lowest BCUT2D eigenvalue weighted by Crippen LogP contribution is -2.20. The molecule has 0 radical (unpaired) electrons. The van der Waals surface area contributed by atoms with E-state index in [0.717, 1.165) is 12.0 Å². The Morgan fingerprint density at radius 3 is 2.36 bits per heavy atom. The summed E-state index contributed by atoms with van der Waals surface area (Å²) in [5.41, 5.74) is 0. The van der Waals surface area contributed by atoms with Gasteiger partial charge in [-0.05, 0) is 37.3 Å². The predicted molar refractivity (Wildman–Crippen MR) is 60.3 cm³/mol. The molecule has 0 saturated heterocycles. The Morgan fingerprint density at radius 2 is 1.79 bits per heavy atom. The van der Waals surface area contributed by atoms with Crippen LogP contribution in [0.25, 0.3) is 0 Å². The Labute approximate surface area is 87.1 Å². The zero-order chi connectivity index (χ0) is 9.80. The van der Waals surface area contributed by atoms with Gasteiger partial charge in [0.2, 0.25) is 0 Å². The van der Waals surface area contributed by atoms with Crippen molar-refractivity contribution in [2.24, 2.45) is 5.92 Å². The van der Waals surface area contributed by atoms with Crippen molar-refractivity contribution < 1.29 is 0 Å². The third-order valence-electron chi connectivity index (χ3n) is 3.62. The molecule has 0 amide bonds. The van der Waals surface area contributed by atoms with E-state index in [1.54, 1.807) is 0 Å². The Morgan fingerprint density at radius 1 is 1.14 bits per heavy atom. The van der Waals surface area contributed by atoms with E-state index in [4.69, 9.17) is 0 Å². The highest BCUT2D eigenvalue weighted by Gasteiger charge is 2.22. The SMILES string of the molecule is CCC(C1CCCCC1)n1cccc1. The van der Waals surface area contributed by atoms with Gasteiger partial charge in [-0.25, -0.2) is 0 Å². The fourth-order valence-electron chi connectivity index (χ4n) is 2.88. The number of hydrogen-bond donors (Lipinski definition) is 0. The molecule has 2 rings (SSSR count). The molecule has 14 heavy (non-hydrogen) atoms. The summed E-state index contributed by atoms with van der Waals surface area (Å²) >= 11 is 0. The third-order valence-corrected chi connectivity index (χ3v) is 3.62. The molecule has 0 spiro atoms. The molecular weight excluding hydrogens is 170 g/mol. The molecule has 1 fully saturated rings. The maximum absolute atomic E-state index is 2.41. The molecule has 0 bridgehead atoms. The first-order valence-corrected chi connectivity index (χ1v) is 6.04. The van der Waals surface area contributed by atoms with Crippen LogP contribution in [0.15, 0.2) is 24.5 Å². The number of aromatic nitrogens is 1. The van der Waals surface area contributed by atoms with Crippen molar-refractivity contribution in [2.75, 3.05) is 0 Å². The molecule has 1 heterocycles. The van der Waals surface area contributed by atoms with Crippen molar-refractivity contribution in [3.63, 3.8) is 0 Å². The molecule has 1 saturated carbocycles. The largest absolute Gasteiger partial charge is 0.351 e. The summed E-state index contributed by atoms with van der Waals surface area (Å²) in [6.07, 6.45) is 13.0. The first-order chi connectivity index (χ1) is 6.92. The molecule has 1 aromatic heterocycles. The molecule has 1 aliphatic carbocycles. The van der Waals surface area contributed by atoms with E-state index in [1.165, 1.54) is 38.5 Å². The highest BCUT2D eigenvalue weighted by Crippen LogP contribution is 2.34. The Balaban J connectivity index is 2.04. The van der Waals surface area contributed by atoms with Crippen LogP contribution in [0.1, 0.15) is 51.5 Å². The van der Waals surface area contributed by atoms with Crippen molar-refractivity contribution in [1.82, 2.24) is 4.57 Å². The van der Waals surface area contributed by atoms with Crippen molar-refractivity contribution >= 4 is 0 Å². The van der Waals surface area contributed by atoms with Crippen LogP contribution >= 0.6 is 0 Å². The third kappa shape index (κ3) is 2.02. The maximum Gasteiger partial charge on any atom is 0.0356 e. The highest BCUT2D eigenvalue weighted by atomic mass is 15.0. The number of rotatable bonds is 3. The van der Waals surface area contributed by atoms with Crippen molar-refractivity contribution in [3.8, 4) is 0 Å². The fraction of sp³-hybridized carbons (Fsp3) is 0.692. The van der Waals surface area contributed by atoms with Gasteiger partial charge in [-0.15, -0.1) is 0 Å². The second-order valence-corrected chi connectivity index (χ2v) is 4.50. The second-order valence-electron chi connectivity index (χ2n) is 4.50. The lowest BCUT2D eigenvalue weighted by Gasteiger charge is -2.30. The van der Waals surface area contributed by atoms with Gasteiger partial charge >= 0.3 is 0 Å². The molecule has 0 aromatic carbocycles. The second kappa shape index (κ2) is 4.68. The lowest BCUT2D eigenvalue weighted by molar-refractivity contribution is 0.243. The van der Waals surface area contributed by atoms with E-state index in [0.29, 0.717) is 0 Å². The summed E-state index contributed by atoms with van der Waals surface area (Å²) in [5.74, 6) is 0.932.